The molecule has 0 N–H and O–H groups in total. The Morgan fingerprint density at radius 1 is 1.48 bits per heavy atom. The minimum Gasteiger partial charge on any atom is -0.464 e. The molecule has 0 saturated heterocycles. The maximum atomic E-state index is 12.7. The first-order chi connectivity index (χ1) is 11.1. The van der Waals surface area contributed by atoms with E-state index in [2.05, 4.69) is 17.2 Å². The van der Waals surface area contributed by atoms with Crippen LogP contribution in [-0.4, -0.2) is 27.6 Å². The summed E-state index contributed by atoms with van der Waals surface area (Å²) in [5.41, 5.74) is 0.880. The van der Waals surface area contributed by atoms with Gasteiger partial charge in [0, 0.05) is 4.88 Å². The third-order valence-electron chi connectivity index (χ3n) is 4.22. The number of unbranched alkanes of at least 4 members (excludes halogenated alkanes) is 1. The molecule has 0 radical (unpaired) electrons. The molecule has 1 aliphatic carbocycles. The van der Waals surface area contributed by atoms with E-state index in [0.29, 0.717) is 22.7 Å². The Kier molecular flexibility index (Phi) is 4.75. The normalized spacial score (nSPS) is 17.2. The zero-order valence-corrected chi connectivity index (χ0v) is 14.3. The summed E-state index contributed by atoms with van der Waals surface area (Å²) >= 11 is 1.56. The highest BCUT2D eigenvalue weighted by molar-refractivity contribution is 7.18. The van der Waals surface area contributed by atoms with Gasteiger partial charge in [-0.25, -0.2) is 0 Å². The molecule has 0 aliphatic heterocycles. The Balaban J connectivity index is 1.87. The first-order valence-corrected chi connectivity index (χ1v) is 8.95. The van der Waals surface area contributed by atoms with Gasteiger partial charge >= 0.3 is 5.97 Å². The molecular weight excluding hydrogens is 314 g/mol. The molecule has 0 amide bonds. The predicted octanol–water partition coefficient (Wildman–Crippen LogP) is 2.32. The van der Waals surface area contributed by atoms with Crippen molar-refractivity contribution < 1.29 is 9.53 Å². The van der Waals surface area contributed by atoms with E-state index in [4.69, 9.17) is 4.74 Å². The van der Waals surface area contributed by atoms with Crippen LogP contribution in [0.3, 0.4) is 0 Å². The van der Waals surface area contributed by atoms with E-state index in [9.17, 15) is 9.59 Å². The molecule has 2 aromatic heterocycles. The summed E-state index contributed by atoms with van der Waals surface area (Å²) in [4.78, 5) is 26.4. The number of aryl methyl sites for hydroxylation is 1. The van der Waals surface area contributed by atoms with Crippen LogP contribution in [0.1, 0.15) is 43.6 Å². The minimum atomic E-state index is -0.438. The van der Waals surface area contributed by atoms with Crippen molar-refractivity contribution >= 4 is 27.5 Å². The highest BCUT2D eigenvalue weighted by Gasteiger charge is 2.24. The van der Waals surface area contributed by atoms with E-state index in [0.717, 1.165) is 42.3 Å². The van der Waals surface area contributed by atoms with E-state index >= 15 is 0 Å². The Bertz CT molecular complexity index is 781. The second-order valence-electron chi connectivity index (χ2n) is 6.16. The van der Waals surface area contributed by atoms with Crippen LogP contribution < -0.4 is 5.56 Å². The standard InChI is InChI=1S/C16H21N3O3S/c1-3-4-7-22-13(20)9-19-16(21)14-11-6-5-10(2)8-12(11)23-15(14)17-18-19/h10H,3-9H2,1-2H3. The molecule has 0 saturated carbocycles. The van der Waals surface area contributed by atoms with Crippen molar-refractivity contribution in [3.63, 3.8) is 0 Å². The molecule has 1 unspecified atom stereocenters. The Hall–Kier alpha value is -1.76. The average molecular weight is 335 g/mol. The summed E-state index contributed by atoms with van der Waals surface area (Å²) in [5, 5.41) is 8.69. The highest BCUT2D eigenvalue weighted by atomic mass is 32.1. The van der Waals surface area contributed by atoms with Crippen molar-refractivity contribution in [1.82, 2.24) is 15.0 Å². The molecule has 2 heterocycles. The fourth-order valence-corrected chi connectivity index (χ4v) is 4.21. The van der Waals surface area contributed by atoms with Crippen molar-refractivity contribution in [2.24, 2.45) is 5.92 Å². The van der Waals surface area contributed by atoms with Crippen molar-refractivity contribution in [2.45, 2.75) is 52.5 Å². The van der Waals surface area contributed by atoms with Crippen molar-refractivity contribution in [3.05, 3.63) is 20.8 Å². The van der Waals surface area contributed by atoms with Gasteiger partial charge in [-0.3, -0.25) is 9.59 Å². The van der Waals surface area contributed by atoms with Gasteiger partial charge in [0.2, 0.25) is 0 Å². The molecule has 6 nitrogen and oxygen atoms in total. The summed E-state index contributed by atoms with van der Waals surface area (Å²) in [6, 6.07) is 0. The molecule has 7 heteroatoms. The van der Waals surface area contributed by atoms with Gasteiger partial charge in [-0.15, -0.1) is 16.4 Å². The fourth-order valence-electron chi connectivity index (χ4n) is 2.89. The maximum absolute atomic E-state index is 12.7. The van der Waals surface area contributed by atoms with Gasteiger partial charge in [-0.1, -0.05) is 25.5 Å². The molecule has 3 rings (SSSR count). The number of thiophene rings is 1. The monoisotopic (exact) mass is 335 g/mol. The number of fused-ring (bicyclic) bond motifs is 3. The van der Waals surface area contributed by atoms with Crippen LogP contribution in [0.15, 0.2) is 4.79 Å². The summed E-state index contributed by atoms with van der Waals surface area (Å²) in [6.07, 6.45) is 4.76. The van der Waals surface area contributed by atoms with Gasteiger partial charge in [0.15, 0.2) is 4.83 Å². The third kappa shape index (κ3) is 3.29. The quantitative estimate of drug-likeness (QED) is 0.619. The predicted molar refractivity (Wildman–Crippen MR) is 88.7 cm³/mol. The van der Waals surface area contributed by atoms with Crippen LogP contribution in [-0.2, 0) is 28.9 Å². The number of carbonyl (C=O) groups excluding carboxylic acids is 1. The number of carbonyl (C=O) groups is 1. The van der Waals surface area contributed by atoms with E-state index in [-0.39, 0.29) is 12.1 Å². The number of nitrogens with zero attached hydrogens (tertiary/aromatic N) is 3. The minimum absolute atomic E-state index is 0.174. The van der Waals surface area contributed by atoms with Crippen LogP contribution in [0.25, 0.3) is 10.2 Å². The maximum Gasteiger partial charge on any atom is 0.327 e. The van der Waals surface area contributed by atoms with Crippen LogP contribution in [0, 0.1) is 5.92 Å². The second kappa shape index (κ2) is 6.78. The summed E-state index contributed by atoms with van der Waals surface area (Å²) in [7, 11) is 0. The molecule has 1 aliphatic rings. The molecule has 23 heavy (non-hydrogen) atoms. The second-order valence-corrected chi connectivity index (χ2v) is 7.24. The lowest BCUT2D eigenvalue weighted by Gasteiger charge is -2.17. The molecule has 2 aromatic rings. The smallest absolute Gasteiger partial charge is 0.327 e. The highest BCUT2D eigenvalue weighted by Crippen LogP contribution is 2.35. The van der Waals surface area contributed by atoms with E-state index in [1.807, 2.05) is 6.92 Å². The van der Waals surface area contributed by atoms with E-state index < -0.39 is 5.97 Å². The van der Waals surface area contributed by atoms with Gasteiger partial charge < -0.3 is 4.74 Å². The largest absolute Gasteiger partial charge is 0.464 e. The molecule has 0 bridgehead atoms. The lowest BCUT2D eigenvalue weighted by molar-refractivity contribution is -0.144. The van der Waals surface area contributed by atoms with Crippen LogP contribution in [0.5, 0.6) is 0 Å². The summed E-state index contributed by atoms with van der Waals surface area (Å²) < 4.78 is 6.22. The van der Waals surface area contributed by atoms with Crippen molar-refractivity contribution in [2.75, 3.05) is 6.61 Å². The number of hydrogen-bond donors (Lipinski definition) is 0. The summed E-state index contributed by atoms with van der Waals surface area (Å²) in [5.74, 6) is 0.200. The van der Waals surface area contributed by atoms with Gasteiger partial charge in [0.1, 0.15) is 6.54 Å². The lowest BCUT2D eigenvalue weighted by atomic mass is 9.89. The lowest BCUT2D eigenvalue weighted by Crippen LogP contribution is -2.29. The topological polar surface area (TPSA) is 74.1 Å². The molecule has 0 spiro atoms. The fraction of sp³-hybridized carbons (Fsp3) is 0.625. The zero-order chi connectivity index (χ0) is 16.4. The van der Waals surface area contributed by atoms with Crippen molar-refractivity contribution in [3.8, 4) is 0 Å². The van der Waals surface area contributed by atoms with E-state index in [1.165, 1.54) is 4.88 Å². The van der Waals surface area contributed by atoms with Gasteiger partial charge in [-0.2, -0.15) is 4.68 Å². The van der Waals surface area contributed by atoms with E-state index in [1.54, 1.807) is 11.3 Å². The average Bonchev–Trinajstić information content (AvgIpc) is 2.88. The molecule has 1 atom stereocenters. The molecular formula is C16H21N3O3S. The van der Waals surface area contributed by atoms with Gasteiger partial charge in [0.25, 0.3) is 5.56 Å². The number of rotatable bonds is 5. The Morgan fingerprint density at radius 3 is 3.09 bits per heavy atom. The molecule has 0 aromatic carbocycles. The van der Waals surface area contributed by atoms with Gasteiger partial charge in [0.05, 0.1) is 12.0 Å². The zero-order valence-electron chi connectivity index (χ0n) is 13.5. The Morgan fingerprint density at radius 2 is 2.30 bits per heavy atom. The number of aromatic nitrogens is 3. The first kappa shape index (κ1) is 16.1. The number of esters is 1. The summed E-state index contributed by atoms with van der Waals surface area (Å²) in [6.45, 7) is 4.46. The Labute approximate surface area is 138 Å². The number of hydrogen-bond acceptors (Lipinski definition) is 6. The number of ether oxygens (including phenoxy) is 1. The van der Waals surface area contributed by atoms with Crippen molar-refractivity contribution in [1.29, 1.82) is 0 Å². The SMILES string of the molecule is CCCCOC(=O)Cn1nnc2sc3c(c2c1=O)CCC(C)C3. The van der Waals surface area contributed by atoms with Crippen LogP contribution in [0.4, 0.5) is 0 Å². The van der Waals surface area contributed by atoms with Crippen LogP contribution in [0.2, 0.25) is 0 Å². The first-order valence-electron chi connectivity index (χ1n) is 8.13. The molecule has 0 fully saturated rings. The van der Waals surface area contributed by atoms with Crippen LogP contribution >= 0.6 is 11.3 Å². The molecule has 124 valence electrons. The third-order valence-corrected chi connectivity index (χ3v) is 5.36. The van der Waals surface area contributed by atoms with Gasteiger partial charge in [-0.05, 0) is 37.2 Å².